The second kappa shape index (κ2) is 3.47. The van der Waals surface area contributed by atoms with Gasteiger partial charge in [-0.2, -0.15) is 0 Å². The third-order valence-electron chi connectivity index (χ3n) is 2.17. The van der Waals surface area contributed by atoms with Gasteiger partial charge in [-0.05, 0) is 12.1 Å². The van der Waals surface area contributed by atoms with Crippen molar-refractivity contribution in [2.24, 2.45) is 0 Å². The summed E-state index contributed by atoms with van der Waals surface area (Å²) in [6.45, 7) is 0. The molecule has 0 radical (unpaired) electrons. The highest BCUT2D eigenvalue weighted by molar-refractivity contribution is 8.14. The Morgan fingerprint density at radius 3 is 2.73 bits per heavy atom. The van der Waals surface area contributed by atoms with Crippen molar-refractivity contribution in [3.63, 3.8) is 0 Å². The van der Waals surface area contributed by atoms with Crippen LogP contribution in [0.5, 0.6) is 0 Å². The molecule has 1 aliphatic heterocycles. The third-order valence-corrected chi connectivity index (χ3v) is 5.17. The van der Waals surface area contributed by atoms with Crippen molar-refractivity contribution < 1.29 is 12.6 Å². The van der Waals surface area contributed by atoms with E-state index in [0.29, 0.717) is 16.5 Å². The van der Waals surface area contributed by atoms with Crippen molar-refractivity contribution in [3.05, 3.63) is 18.2 Å². The largest absolute Gasteiger partial charge is 0.361 e. The molecule has 0 aromatic heterocycles. The standard InChI is InChI=1S/C8H8ClNO3S2/c1-10-5-14(11)8-6(10)3-2-4-7(8)15(9,12)13/h2-4H,5H2,1H3. The first-order valence-electron chi connectivity index (χ1n) is 4.08. The topological polar surface area (TPSA) is 54.5 Å². The zero-order valence-electron chi connectivity index (χ0n) is 7.81. The van der Waals surface area contributed by atoms with Gasteiger partial charge in [0.15, 0.2) is 0 Å². The molecule has 1 heterocycles. The molecule has 7 heteroatoms. The summed E-state index contributed by atoms with van der Waals surface area (Å²) in [7, 11) is 1.88. The molecule has 0 aliphatic carbocycles. The van der Waals surface area contributed by atoms with Crippen LogP contribution in [0.3, 0.4) is 0 Å². The number of nitrogens with zero attached hydrogens (tertiary/aromatic N) is 1. The van der Waals surface area contributed by atoms with Crippen molar-refractivity contribution in [1.82, 2.24) is 0 Å². The van der Waals surface area contributed by atoms with E-state index in [1.807, 2.05) is 0 Å². The Morgan fingerprint density at radius 2 is 2.13 bits per heavy atom. The lowest BCUT2D eigenvalue weighted by molar-refractivity contribution is 0.607. The van der Waals surface area contributed by atoms with Gasteiger partial charge in [0.2, 0.25) is 0 Å². The summed E-state index contributed by atoms with van der Waals surface area (Å²) in [5.41, 5.74) is 0.662. The number of hydrogen-bond acceptors (Lipinski definition) is 4. The third kappa shape index (κ3) is 1.77. The van der Waals surface area contributed by atoms with Gasteiger partial charge in [-0.3, -0.25) is 4.21 Å². The summed E-state index contributed by atoms with van der Waals surface area (Å²) in [5, 5.41) is 0. The Balaban J connectivity index is 2.77. The smallest absolute Gasteiger partial charge is 0.262 e. The summed E-state index contributed by atoms with van der Waals surface area (Å²) in [6, 6.07) is 4.69. The molecule has 15 heavy (non-hydrogen) atoms. The number of rotatable bonds is 1. The highest BCUT2D eigenvalue weighted by Gasteiger charge is 2.29. The number of halogens is 1. The lowest BCUT2D eigenvalue weighted by Crippen LogP contribution is -2.13. The van der Waals surface area contributed by atoms with E-state index in [2.05, 4.69) is 0 Å². The van der Waals surface area contributed by atoms with Gasteiger partial charge < -0.3 is 4.90 Å². The minimum absolute atomic E-state index is 0.0515. The van der Waals surface area contributed by atoms with E-state index in [1.54, 1.807) is 24.1 Å². The molecule has 1 aromatic carbocycles. The summed E-state index contributed by atoms with van der Waals surface area (Å²) in [4.78, 5) is 2.01. The van der Waals surface area contributed by atoms with E-state index in [0.717, 1.165) is 0 Å². The van der Waals surface area contributed by atoms with Crippen molar-refractivity contribution in [3.8, 4) is 0 Å². The van der Waals surface area contributed by atoms with Gasteiger partial charge in [-0.25, -0.2) is 8.42 Å². The minimum Gasteiger partial charge on any atom is -0.361 e. The van der Waals surface area contributed by atoms with Gasteiger partial charge >= 0.3 is 0 Å². The molecular weight excluding hydrogens is 258 g/mol. The molecule has 2 rings (SSSR count). The second-order valence-corrected chi connectivity index (χ2v) is 7.11. The molecule has 1 atom stereocenters. The van der Waals surface area contributed by atoms with Crippen LogP contribution in [-0.2, 0) is 19.9 Å². The van der Waals surface area contributed by atoms with Crippen LogP contribution in [-0.4, -0.2) is 25.6 Å². The molecule has 0 bridgehead atoms. The Bertz CT molecular complexity index is 541. The zero-order chi connectivity index (χ0) is 11.2. The van der Waals surface area contributed by atoms with Crippen LogP contribution in [0.15, 0.2) is 28.0 Å². The fraction of sp³-hybridized carbons (Fsp3) is 0.250. The molecule has 0 spiro atoms. The monoisotopic (exact) mass is 265 g/mol. The second-order valence-electron chi connectivity index (χ2n) is 3.21. The highest BCUT2D eigenvalue weighted by Crippen LogP contribution is 2.36. The molecule has 0 amide bonds. The summed E-state index contributed by atoms with van der Waals surface area (Å²) in [5.74, 6) is 0.304. The van der Waals surface area contributed by atoms with Crippen LogP contribution < -0.4 is 4.90 Å². The number of benzene rings is 1. The fourth-order valence-corrected chi connectivity index (χ4v) is 4.60. The van der Waals surface area contributed by atoms with Crippen molar-refractivity contribution in [2.45, 2.75) is 9.79 Å². The van der Waals surface area contributed by atoms with Crippen molar-refractivity contribution in [1.29, 1.82) is 0 Å². The van der Waals surface area contributed by atoms with Crippen LogP contribution in [0.2, 0.25) is 0 Å². The van der Waals surface area contributed by atoms with Crippen LogP contribution in [0, 0.1) is 0 Å². The molecule has 1 unspecified atom stereocenters. The normalized spacial score (nSPS) is 20.4. The molecule has 4 nitrogen and oxygen atoms in total. The first kappa shape index (κ1) is 10.9. The minimum atomic E-state index is -3.83. The maximum Gasteiger partial charge on any atom is 0.262 e. The fourth-order valence-electron chi connectivity index (χ4n) is 1.54. The lowest BCUT2D eigenvalue weighted by atomic mass is 10.3. The molecule has 0 fully saturated rings. The Labute approximate surface area is 94.7 Å². The van der Waals surface area contributed by atoms with Gasteiger partial charge in [-0.1, -0.05) is 6.07 Å². The van der Waals surface area contributed by atoms with Crippen molar-refractivity contribution in [2.75, 3.05) is 17.8 Å². The summed E-state index contributed by atoms with van der Waals surface area (Å²) < 4.78 is 34.2. The predicted molar refractivity (Wildman–Crippen MR) is 59.2 cm³/mol. The Kier molecular flexibility index (Phi) is 2.52. The maximum atomic E-state index is 11.7. The maximum absolute atomic E-state index is 11.7. The molecule has 1 aromatic rings. The van der Waals surface area contributed by atoms with Crippen LogP contribution in [0.4, 0.5) is 5.69 Å². The Hall–Kier alpha value is -0.590. The summed E-state index contributed by atoms with van der Waals surface area (Å²) >= 11 is 0. The lowest BCUT2D eigenvalue weighted by Gasteiger charge is -2.09. The quantitative estimate of drug-likeness (QED) is 0.715. The van der Waals surface area contributed by atoms with Gasteiger partial charge in [0.1, 0.15) is 4.90 Å². The zero-order valence-corrected chi connectivity index (χ0v) is 10.2. The van der Waals surface area contributed by atoms with Gasteiger partial charge in [0.05, 0.1) is 27.3 Å². The van der Waals surface area contributed by atoms with Crippen LogP contribution in [0.1, 0.15) is 0 Å². The van der Waals surface area contributed by atoms with E-state index in [-0.39, 0.29) is 4.90 Å². The average molecular weight is 266 g/mol. The molecule has 0 N–H and O–H groups in total. The summed E-state index contributed by atoms with van der Waals surface area (Å²) in [6.07, 6.45) is 0. The number of anilines is 1. The van der Waals surface area contributed by atoms with Gasteiger partial charge in [-0.15, -0.1) is 0 Å². The molecule has 0 saturated heterocycles. The first-order chi connectivity index (χ1) is 6.91. The van der Waals surface area contributed by atoms with E-state index < -0.39 is 19.9 Å². The number of fused-ring (bicyclic) bond motifs is 1. The van der Waals surface area contributed by atoms with Crippen LogP contribution >= 0.6 is 10.7 Å². The van der Waals surface area contributed by atoms with Gasteiger partial charge in [0.25, 0.3) is 9.05 Å². The Morgan fingerprint density at radius 1 is 1.47 bits per heavy atom. The van der Waals surface area contributed by atoms with E-state index >= 15 is 0 Å². The molecule has 1 aliphatic rings. The highest BCUT2D eigenvalue weighted by atomic mass is 35.7. The van der Waals surface area contributed by atoms with E-state index in [4.69, 9.17) is 10.7 Å². The van der Waals surface area contributed by atoms with Gasteiger partial charge in [0, 0.05) is 17.7 Å². The van der Waals surface area contributed by atoms with E-state index in [1.165, 1.54) is 6.07 Å². The molecular formula is C8H8ClNO3S2. The van der Waals surface area contributed by atoms with Crippen LogP contribution in [0.25, 0.3) is 0 Å². The predicted octanol–water partition coefficient (Wildman–Crippen LogP) is 1.13. The average Bonchev–Trinajstić information content (AvgIpc) is 2.41. The number of hydrogen-bond donors (Lipinski definition) is 0. The SMILES string of the molecule is CN1CS(=O)c2c1cccc2S(=O)(=O)Cl. The molecule has 82 valence electrons. The van der Waals surface area contributed by atoms with E-state index in [9.17, 15) is 12.6 Å². The van der Waals surface area contributed by atoms with Crippen molar-refractivity contribution >= 4 is 36.2 Å². The first-order valence-corrected chi connectivity index (χ1v) is 7.71. The molecule has 0 saturated carbocycles.